The van der Waals surface area contributed by atoms with E-state index in [9.17, 15) is 9.90 Å². The second-order valence-electron chi connectivity index (χ2n) is 5.49. The predicted molar refractivity (Wildman–Crippen MR) is 82.0 cm³/mol. The fourth-order valence-electron chi connectivity index (χ4n) is 2.25. The van der Waals surface area contributed by atoms with Crippen LogP contribution in [0.5, 0.6) is 5.75 Å². The van der Waals surface area contributed by atoms with Gasteiger partial charge in [-0.25, -0.2) is 0 Å². The highest BCUT2D eigenvalue weighted by Crippen LogP contribution is 2.32. The van der Waals surface area contributed by atoms with Gasteiger partial charge in [-0.2, -0.15) is 0 Å². The Kier molecular flexibility index (Phi) is 3.93. The molecule has 0 atom stereocenters. The molecule has 2 rings (SSSR count). The Morgan fingerprint density at radius 2 is 1.80 bits per heavy atom. The third-order valence-corrected chi connectivity index (χ3v) is 2.92. The number of phenols is 1. The molecule has 1 aromatic rings. The number of benzene rings is 1. The third-order valence-electron chi connectivity index (χ3n) is 2.92. The number of aliphatic imine (C=N–C) groups is 1. The zero-order valence-corrected chi connectivity index (χ0v) is 12.3. The van der Waals surface area contributed by atoms with Gasteiger partial charge in [0.05, 0.1) is 16.8 Å². The Morgan fingerprint density at radius 1 is 1.10 bits per heavy atom. The number of nitrogens with zero attached hydrogens (tertiary/aromatic N) is 1. The Labute approximate surface area is 119 Å². The van der Waals surface area contributed by atoms with E-state index in [1.54, 1.807) is 18.2 Å². The normalized spacial score (nSPS) is 16.1. The summed E-state index contributed by atoms with van der Waals surface area (Å²) in [6.07, 6.45) is 3.18. The summed E-state index contributed by atoms with van der Waals surface area (Å²) < 4.78 is 0. The highest BCUT2D eigenvalue weighted by molar-refractivity contribution is 6.27. The number of rotatable bonds is 3. The van der Waals surface area contributed by atoms with Crippen LogP contribution in [0.3, 0.4) is 0 Å². The SMILES string of the molecule is CC(C)N=C1C=CC(=O)c2c(NC(C)C)ccc(O)c21. The molecule has 1 aliphatic carbocycles. The van der Waals surface area contributed by atoms with Crippen LogP contribution in [-0.2, 0) is 0 Å². The van der Waals surface area contributed by atoms with Crippen LogP contribution in [-0.4, -0.2) is 28.7 Å². The number of carbonyl (C=O) groups excluding carboxylic acids is 1. The highest BCUT2D eigenvalue weighted by Gasteiger charge is 2.25. The van der Waals surface area contributed by atoms with Crippen LogP contribution in [0.15, 0.2) is 29.3 Å². The molecule has 0 aromatic heterocycles. The maximum atomic E-state index is 12.2. The minimum Gasteiger partial charge on any atom is -0.507 e. The molecule has 0 radical (unpaired) electrons. The minimum atomic E-state index is -0.109. The van der Waals surface area contributed by atoms with Gasteiger partial charge in [-0.1, -0.05) is 0 Å². The molecule has 0 heterocycles. The standard InChI is InChI=1S/C16H20N2O2/c1-9(2)17-11-5-7-14(20)16-12(18-10(3)4)6-8-13(19)15(11)16/h5-10,17,20H,1-4H3. The minimum absolute atomic E-state index is 0.0893. The maximum Gasteiger partial charge on any atom is 0.188 e. The van der Waals surface area contributed by atoms with Crippen LogP contribution in [0.2, 0.25) is 0 Å². The van der Waals surface area contributed by atoms with E-state index in [4.69, 9.17) is 0 Å². The Balaban J connectivity index is 2.65. The molecule has 0 fully saturated rings. The van der Waals surface area contributed by atoms with Crippen LogP contribution in [0.25, 0.3) is 0 Å². The summed E-state index contributed by atoms with van der Waals surface area (Å²) in [5.74, 6) is -0.0202. The molecule has 0 unspecified atom stereocenters. The quantitative estimate of drug-likeness (QED) is 0.831. The van der Waals surface area contributed by atoms with Crippen molar-refractivity contribution in [3.05, 3.63) is 35.4 Å². The summed E-state index contributed by atoms with van der Waals surface area (Å²) >= 11 is 0. The second kappa shape index (κ2) is 5.49. The number of phenolic OH excluding ortho intramolecular Hbond substituents is 1. The van der Waals surface area contributed by atoms with Crippen molar-refractivity contribution in [1.82, 2.24) is 0 Å². The van der Waals surface area contributed by atoms with Crippen LogP contribution in [0, 0.1) is 0 Å². The molecule has 20 heavy (non-hydrogen) atoms. The fourth-order valence-corrected chi connectivity index (χ4v) is 2.25. The largest absolute Gasteiger partial charge is 0.507 e. The van der Waals surface area contributed by atoms with Crippen molar-refractivity contribution in [1.29, 1.82) is 0 Å². The number of allylic oxidation sites excluding steroid dienone is 2. The lowest BCUT2D eigenvalue weighted by Gasteiger charge is -2.20. The highest BCUT2D eigenvalue weighted by atomic mass is 16.3. The number of nitrogens with one attached hydrogen (secondary N) is 1. The molecule has 2 N–H and O–H groups in total. The molecule has 0 bridgehead atoms. The Bertz CT molecular complexity index is 599. The van der Waals surface area contributed by atoms with Crippen molar-refractivity contribution < 1.29 is 9.90 Å². The summed E-state index contributed by atoms with van der Waals surface area (Å²) in [5, 5.41) is 13.4. The maximum absolute atomic E-state index is 12.2. The van der Waals surface area contributed by atoms with Gasteiger partial charge in [0, 0.05) is 17.8 Å². The molecule has 0 spiro atoms. The van der Waals surface area contributed by atoms with E-state index >= 15 is 0 Å². The van der Waals surface area contributed by atoms with Crippen molar-refractivity contribution in [2.75, 3.05) is 5.32 Å². The van der Waals surface area contributed by atoms with Gasteiger partial charge in [0.15, 0.2) is 5.78 Å². The number of fused-ring (bicyclic) bond motifs is 1. The van der Waals surface area contributed by atoms with Gasteiger partial charge >= 0.3 is 0 Å². The lowest BCUT2D eigenvalue weighted by Crippen LogP contribution is -2.19. The molecule has 1 aromatic carbocycles. The zero-order valence-electron chi connectivity index (χ0n) is 12.3. The van der Waals surface area contributed by atoms with Crippen molar-refractivity contribution >= 4 is 17.2 Å². The summed E-state index contributed by atoms with van der Waals surface area (Å²) in [6, 6.07) is 3.63. The number of carbonyl (C=O) groups is 1. The van der Waals surface area contributed by atoms with E-state index in [0.717, 1.165) is 5.69 Å². The monoisotopic (exact) mass is 272 g/mol. The average Bonchev–Trinajstić information content (AvgIpc) is 2.34. The van der Waals surface area contributed by atoms with Gasteiger partial charge in [0.2, 0.25) is 0 Å². The lowest BCUT2D eigenvalue weighted by molar-refractivity contribution is 0.104. The first-order valence-electron chi connectivity index (χ1n) is 6.83. The van der Waals surface area contributed by atoms with Crippen LogP contribution < -0.4 is 5.32 Å². The van der Waals surface area contributed by atoms with Gasteiger partial charge < -0.3 is 10.4 Å². The van der Waals surface area contributed by atoms with Gasteiger partial charge in [-0.3, -0.25) is 9.79 Å². The molecule has 4 nitrogen and oxygen atoms in total. The molecular weight excluding hydrogens is 252 g/mol. The Hall–Kier alpha value is -2.10. The molecule has 0 amide bonds. The molecule has 106 valence electrons. The summed E-state index contributed by atoms with van der Waals surface area (Å²) in [7, 11) is 0. The second-order valence-corrected chi connectivity index (χ2v) is 5.49. The zero-order chi connectivity index (χ0) is 14.9. The van der Waals surface area contributed by atoms with Crippen molar-refractivity contribution in [3.8, 4) is 5.75 Å². The van der Waals surface area contributed by atoms with Crippen molar-refractivity contribution in [3.63, 3.8) is 0 Å². The van der Waals surface area contributed by atoms with Crippen molar-refractivity contribution in [2.24, 2.45) is 4.99 Å². The van der Waals surface area contributed by atoms with E-state index < -0.39 is 0 Å². The van der Waals surface area contributed by atoms with E-state index in [1.165, 1.54) is 6.08 Å². The predicted octanol–water partition coefficient (Wildman–Crippen LogP) is 3.16. The van der Waals surface area contributed by atoms with E-state index in [1.807, 2.05) is 27.7 Å². The summed E-state index contributed by atoms with van der Waals surface area (Å²) in [4.78, 5) is 16.7. The number of aromatic hydroxyl groups is 1. The first kappa shape index (κ1) is 14.3. The Morgan fingerprint density at radius 3 is 2.40 bits per heavy atom. The fraction of sp³-hybridized carbons (Fsp3) is 0.375. The number of hydrogen-bond acceptors (Lipinski definition) is 4. The smallest absolute Gasteiger partial charge is 0.188 e. The number of hydrogen-bond donors (Lipinski definition) is 2. The molecule has 0 saturated heterocycles. The summed E-state index contributed by atoms with van der Waals surface area (Å²) in [6.45, 7) is 7.94. The van der Waals surface area contributed by atoms with Crippen LogP contribution in [0.4, 0.5) is 5.69 Å². The van der Waals surface area contributed by atoms with Gasteiger partial charge in [0.25, 0.3) is 0 Å². The van der Waals surface area contributed by atoms with E-state index in [0.29, 0.717) is 16.8 Å². The van der Waals surface area contributed by atoms with Gasteiger partial charge in [-0.05, 0) is 52.0 Å². The van der Waals surface area contributed by atoms with Crippen LogP contribution >= 0.6 is 0 Å². The number of ketones is 1. The van der Waals surface area contributed by atoms with Gasteiger partial charge in [-0.15, -0.1) is 0 Å². The average molecular weight is 272 g/mol. The third kappa shape index (κ3) is 2.74. The first-order valence-corrected chi connectivity index (χ1v) is 6.83. The van der Waals surface area contributed by atoms with Crippen LogP contribution in [0.1, 0.15) is 43.6 Å². The molecule has 1 aliphatic rings. The summed E-state index contributed by atoms with van der Waals surface area (Å²) in [5.41, 5.74) is 2.41. The molecule has 4 heteroatoms. The molecule has 0 aliphatic heterocycles. The number of anilines is 1. The first-order chi connectivity index (χ1) is 9.40. The molecular formula is C16H20N2O2. The van der Waals surface area contributed by atoms with Crippen molar-refractivity contribution in [2.45, 2.75) is 39.8 Å². The molecule has 0 saturated carbocycles. The lowest BCUT2D eigenvalue weighted by atomic mass is 9.91. The van der Waals surface area contributed by atoms with E-state index in [2.05, 4.69) is 10.3 Å². The van der Waals surface area contributed by atoms with E-state index in [-0.39, 0.29) is 23.6 Å². The van der Waals surface area contributed by atoms with Gasteiger partial charge in [0.1, 0.15) is 5.75 Å². The topological polar surface area (TPSA) is 61.7 Å².